The number of halogens is 2. The zero-order chi connectivity index (χ0) is 26.6. The third kappa shape index (κ3) is 4.11. The molecule has 1 N–H and O–H groups in total. The lowest BCUT2D eigenvalue weighted by atomic mass is 10.0. The van der Waals surface area contributed by atoms with E-state index in [1.807, 2.05) is 18.4 Å². The fourth-order valence-corrected chi connectivity index (χ4v) is 5.69. The molecule has 0 radical (unpaired) electrons. The number of pyridine rings is 1. The van der Waals surface area contributed by atoms with E-state index in [2.05, 4.69) is 20.4 Å². The number of hydrogen-bond acceptors (Lipinski definition) is 6. The molecule has 0 spiro atoms. The number of benzene rings is 1. The molecule has 5 heterocycles. The van der Waals surface area contributed by atoms with Crippen molar-refractivity contribution in [2.45, 2.75) is 45.3 Å². The van der Waals surface area contributed by atoms with Crippen LogP contribution in [0.15, 0.2) is 53.3 Å². The Labute approximate surface area is 225 Å². The molecule has 4 aromatic heterocycles. The number of carbonyl (C=O) groups is 1. The molecule has 194 valence electrons. The lowest BCUT2D eigenvalue weighted by Crippen LogP contribution is -2.28. The number of rotatable bonds is 6. The Morgan fingerprint density at radius 3 is 2.84 bits per heavy atom. The van der Waals surface area contributed by atoms with Gasteiger partial charge in [0.05, 0.1) is 17.0 Å². The summed E-state index contributed by atoms with van der Waals surface area (Å²) in [5.41, 5.74) is 1.81. The second kappa shape index (κ2) is 9.48. The van der Waals surface area contributed by atoms with Gasteiger partial charge in [-0.05, 0) is 44.4 Å². The fraction of sp³-hybridized carbons (Fsp3) is 0.269. The predicted molar refractivity (Wildman–Crippen MR) is 144 cm³/mol. The van der Waals surface area contributed by atoms with Crippen LogP contribution in [0.25, 0.3) is 22.0 Å². The zero-order valence-electron chi connectivity index (χ0n) is 20.6. The van der Waals surface area contributed by atoms with Gasteiger partial charge >= 0.3 is 0 Å². The summed E-state index contributed by atoms with van der Waals surface area (Å²) in [6, 6.07) is 3.56. The largest absolute Gasteiger partial charge is 0.334 e. The van der Waals surface area contributed by atoms with E-state index in [1.54, 1.807) is 40.9 Å². The van der Waals surface area contributed by atoms with Gasteiger partial charge in [0.1, 0.15) is 5.52 Å². The number of carbonyl (C=O) groups excluding carboxylic acids is 1. The van der Waals surface area contributed by atoms with Crippen LogP contribution in [0.3, 0.4) is 0 Å². The summed E-state index contributed by atoms with van der Waals surface area (Å²) in [4.78, 5) is 34.8. The summed E-state index contributed by atoms with van der Waals surface area (Å²) < 4.78 is 20.9. The van der Waals surface area contributed by atoms with Crippen LogP contribution in [0, 0.1) is 5.82 Å². The van der Waals surface area contributed by atoms with Crippen LogP contribution in [0.1, 0.15) is 43.7 Å². The van der Waals surface area contributed by atoms with E-state index in [-0.39, 0.29) is 27.7 Å². The highest BCUT2D eigenvalue weighted by Crippen LogP contribution is 2.35. The minimum Gasteiger partial charge on any atom is -0.334 e. The topological polar surface area (TPSA) is 99.6 Å². The first-order valence-electron chi connectivity index (χ1n) is 12.2. The molecule has 0 bridgehead atoms. The van der Waals surface area contributed by atoms with Gasteiger partial charge in [0.15, 0.2) is 17.0 Å². The Morgan fingerprint density at radius 1 is 1.26 bits per heavy atom. The molecule has 0 fully saturated rings. The number of hydrogen-bond donors (Lipinski definition) is 1. The number of aryl methyl sites for hydroxylation is 1. The minimum absolute atomic E-state index is 0.00319. The van der Waals surface area contributed by atoms with E-state index < -0.39 is 17.8 Å². The molecular formula is C26H23ClFN7O2S. The molecule has 12 heteroatoms. The van der Waals surface area contributed by atoms with Crippen LogP contribution in [0.2, 0.25) is 5.02 Å². The van der Waals surface area contributed by atoms with Crippen LogP contribution in [0.4, 0.5) is 9.52 Å². The van der Waals surface area contributed by atoms with Gasteiger partial charge < -0.3 is 9.13 Å². The molecule has 1 unspecified atom stereocenters. The van der Waals surface area contributed by atoms with E-state index in [4.69, 9.17) is 11.6 Å². The van der Waals surface area contributed by atoms with E-state index >= 15 is 4.39 Å². The second-order valence-corrected chi connectivity index (χ2v) is 10.8. The van der Waals surface area contributed by atoms with Crippen molar-refractivity contribution >= 4 is 44.9 Å². The van der Waals surface area contributed by atoms with Gasteiger partial charge in [-0.2, -0.15) is 5.10 Å². The third-order valence-corrected chi connectivity index (χ3v) is 7.75. The van der Waals surface area contributed by atoms with E-state index in [0.29, 0.717) is 21.8 Å². The average Bonchev–Trinajstić information content (AvgIpc) is 3.67. The van der Waals surface area contributed by atoms with Gasteiger partial charge in [-0.25, -0.2) is 14.4 Å². The highest BCUT2D eigenvalue weighted by atomic mass is 35.5. The first-order chi connectivity index (χ1) is 18.3. The van der Waals surface area contributed by atoms with Crippen molar-refractivity contribution in [1.29, 1.82) is 0 Å². The number of amides is 1. The molecule has 1 aliphatic heterocycles. The fourth-order valence-electron chi connectivity index (χ4n) is 4.91. The van der Waals surface area contributed by atoms with Crippen molar-refractivity contribution in [3.8, 4) is 11.1 Å². The number of nitrogens with zero attached hydrogens (tertiary/aromatic N) is 6. The summed E-state index contributed by atoms with van der Waals surface area (Å²) in [7, 11) is 0. The standard InChI is InChI=1S/C26H23ClFN7O2S/c1-14(2)34-8-5-15(10-20(34)36)16-11-18(27)17-12-35(32-22(17)21(16)28)24(25(37)31-26-29-6-9-38-26)23-19-4-3-7-33(19)13-30-23/h5-6,8-14,24H,3-4,7H2,1-2H3,(H,29,31,37). The predicted octanol–water partition coefficient (Wildman–Crippen LogP) is 5.07. The number of imidazole rings is 1. The Hall–Kier alpha value is -3.83. The molecule has 5 aromatic rings. The molecule has 0 aliphatic carbocycles. The van der Waals surface area contributed by atoms with Crippen molar-refractivity contribution < 1.29 is 9.18 Å². The maximum atomic E-state index is 15.9. The van der Waals surface area contributed by atoms with Crippen molar-refractivity contribution in [3.63, 3.8) is 0 Å². The van der Waals surface area contributed by atoms with Crippen LogP contribution in [-0.2, 0) is 17.8 Å². The Balaban J connectivity index is 1.48. The van der Waals surface area contributed by atoms with Crippen molar-refractivity contribution in [2.24, 2.45) is 0 Å². The molecular weight excluding hydrogens is 529 g/mol. The quantitative estimate of drug-likeness (QED) is 0.318. The highest BCUT2D eigenvalue weighted by molar-refractivity contribution is 7.13. The molecule has 9 nitrogen and oxygen atoms in total. The maximum Gasteiger partial charge on any atom is 0.257 e. The van der Waals surface area contributed by atoms with Crippen LogP contribution in [-0.4, -0.2) is 34.8 Å². The van der Waals surface area contributed by atoms with Crippen molar-refractivity contribution in [1.82, 2.24) is 28.9 Å². The van der Waals surface area contributed by atoms with Crippen LogP contribution < -0.4 is 10.9 Å². The Bertz CT molecular complexity index is 1740. The number of anilines is 1. The molecule has 1 amide bonds. The van der Waals surface area contributed by atoms with E-state index in [0.717, 1.165) is 25.1 Å². The second-order valence-electron chi connectivity index (χ2n) is 9.45. The molecule has 1 aromatic carbocycles. The lowest BCUT2D eigenvalue weighted by molar-refractivity contribution is -0.118. The van der Waals surface area contributed by atoms with Crippen LogP contribution >= 0.6 is 22.9 Å². The van der Waals surface area contributed by atoms with Gasteiger partial charge in [-0.3, -0.25) is 19.6 Å². The van der Waals surface area contributed by atoms with Crippen molar-refractivity contribution in [3.05, 3.63) is 81.1 Å². The number of thiazole rings is 1. The first kappa shape index (κ1) is 24.5. The summed E-state index contributed by atoms with van der Waals surface area (Å²) in [5, 5.41) is 10.1. The molecule has 1 aliphatic rings. The van der Waals surface area contributed by atoms with Gasteiger partial charge in [0, 0.05) is 59.3 Å². The van der Waals surface area contributed by atoms with Gasteiger partial charge in [0.25, 0.3) is 11.5 Å². The SMILES string of the molecule is CC(C)n1ccc(-c2cc(Cl)c3cn(C(C(=O)Nc4nccs4)c4ncn5c4CCC5)nc3c2F)cc1=O. The van der Waals surface area contributed by atoms with E-state index in [1.165, 1.54) is 28.2 Å². The maximum absolute atomic E-state index is 15.9. The van der Waals surface area contributed by atoms with Gasteiger partial charge in [-0.1, -0.05) is 11.6 Å². The Kier molecular flexibility index (Phi) is 6.11. The molecule has 38 heavy (non-hydrogen) atoms. The van der Waals surface area contributed by atoms with Crippen molar-refractivity contribution in [2.75, 3.05) is 5.32 Å². The summed E-state index contributed by atoms with van der Waals surface area (Å²) in [5.74, 6) is -1.02. The number of nitrogens with one attached hydrogen (secondary N) is 1. The van der Waals surface area contributed by atoms with Gasteiger partial charge in [0.2, 0.25) is 0 Å². The number of aromatic nitrogens is 6. The number of fused-ring (bicyclic) bond motifs is 2. The summed E-state index contributed by atoms with van der Waals surface area (Å²) in [6.45, 7) is 4.62. The smallest absolute Gasteiger partial charge is 0.257 e. The van der Waals surface area contributed by atoms with Crippen LogP contribution in [0.5, 0.6) is 0 Å². The molecule has 6 rings (SSSR count). The first-order valence-corrected chi connectivity index (χ1v) is 13.4. The average molecular weight is 552 g/mol. The third-order valence-electron chi connectivity index (χ3n) is 6.75. The Morgan fingerprint density at radius 2 is 2.11 bits per heavy atom. The zero-order valence-corrected chi connectivity index (χ0v) is 22.1. The van der Waals surface area contributed by atoms with E-state index in [9.17, 15) is 9.59 Å². The molecule has 1 atom stereocenters. The molecule has 0 saturated heterocycles. The highest BCUT2D eigenvalue weighted by Gasteiger charge is 2.32. The molecule has 0 saturated carbocycles. The summed E-state index contributed by atoms with van der Waals surface area (Å²) in [6.07, 6.45) is 8.24. The monoisotopic (exact) mass is 551 g/mol. The lowest BCUT2D eigenvalue weighted by Gasteiger charge is -2.16. The normalized spacial score (nSPS) is 13.8. The van der Waals surface area contributed by atoms with Gasteiger partial charge in [-0.15, -0.1) is 11.3 Å². The minimum atomic E-state index is -0.963. The summed E-state index contributed by atoms with van der Waals surface area (Å²) >= 11 is 7.90.